The molecule has 1 fully saturated rings. The minimum absolute atomic E-state index is 0.0440. The number of benzene rings is 1. The van der Waals surface area contributed by atoms with E-state index in [1.807, 2.05) is 6.07 Å². The molecule has 1 aromatic heterocycles. The largest absolute Gasteiger partial charge is 0.316 e. The van der Waals surface area contributed by atoms with E-state index >= 15 is 0 Å². The molecule has 1 aromatic carbocycles. The Kier molecular flexibility index (Phi) is 4.10. The van der Waals surface area contributed by atoms with Crippen LogP contribution in [0.15, 0.2) is 29.3 Å². The third-order valence-corrected chi connectivity index (χ3v) is 5.81. The molecule has 7 heteroatoms. The van der Waals surface area contributed by atoms with Crippen LogP contribution in [0.1, 0.15) is 12.8 Å². The van der Waals surface area contributed by atoms with E-state index < -0.39 is 9.84 Å². The van der Waals surface area contributed by atoms with Crippen molar-refractivity contribution in [3.8, 4) is 0 Å². The predicted molar refractivity (Wildman–Crippen MR) is 82.2 cm³/mol. The van der Waals surface area contributed by atoms with Gasteiger partial charge in [0.1, 0.15) is 0 Å². The molecule has 1 unspecified atom stereocenters. The second-order valence-electron chi connectivity index (χ2n) is 5.30. The van der Waals surface area contributed by atoms with Crippen LogP contribution in [0, 0.1) is 5.92 Å². The Labute approximate surface area is 128 Å². The molecule has 3 rings (SSSR count). The average Bonchev–Trinajstić information content (AvgIpc) is 2.47. The maximum absolute atomic E-state index is 12.6. The number of hydrogen-bond donors (Lipinski definition) is 1. The van der Waals surface area contributed by atoms with Gasteiger partial charge in [0.2, 0.25) is 0 Å². The molecule has 0 bridgehead atoms. The SMILES string of the molecule is O=S(=O)(CC1CCCNC1)c1nc2ccccc2nc1Cl. The first kappa shape index (κ1) is 14.7. The highest BCUT2D eigenvalue weighted by Crippen LogP contribution is 2.24. The molecule has 0 radical (unpaired) electrons. The van der Waals surface area contributed by atoms with Gasteiger partial charge >= 0.3 is 0 Å². The van der Waals surface area contributed by atoms with Crippen LogP contribution in [0.4, 0.5) is 0 Å². The van der Waals surface area contributed by atoms with E-state index in [1.54, 1.807) is 18.2 Å². The number of hydrogen-bond acceptors (Lipinski definition) is 5. The Morgan fingerprint density at radius 2 is 1.95 bits per heavy atom. The van der Waals surface area contributed by atoms with E-state index in [1.165, 1.54) is 0 Å². The Bertz CT molecular complexity index is 758. The summed E-state index contributed by atoms with van der Waals surface area (Å²) in [5.74, 6) is 0.167. The maximum Gasteiger partial charge on any atom is 0.199 e. The Morgan fingerprint density at radius 1 is 1.24 bits per heavy atom. The number of nitrogens with zero attached hydrogens (tertiary/aromatic N) is 2. The topological polar surface area (TPSA) is 72.0 Å². The van der Waals surface area contributed by atoms with Gasteiger partial charge in [0.25, 0.3) is 0 Å². The quantitative estimate of drug-likeness (QED) is 0.935. The average molecular weight is 326 g/mol. The van der Waals surface area contributed by atoms with Gasteiger partial charge in [-0.05, 0) is 44.0 Å². The smallest absolute Gasteiger partial charge is 0.199 e. The Hall–Kier alpha value is -1.24. The van der Waals surface area contributed by atoms with E-state index in [0.717, 1.165) is 25.9 Å². The van der Waals surface area contributed by atoms with Gasteiger partial charge in [-0.2, -0.15) is 0 Å². The lowest BCUT2D eigenvalue weighted by atomic mass is 10.0. The normalized spacial score (nSPS) is 19.8. The molecule has 0 amide bonds. The zero-order valence-corrected chi connectivity index (χ0v) is 13.0. The molecule has 0 saturated carbocycles. The Morgan fingerprint density at radius 3 is 2.62 bits per heavy atom. The van der Waals surface area contributed by atoms with Gasteiger partial charge in [-0.25, -0.2) is 18.4 Å². The summed E-state index contributed by atoms with van der Waals surface area (Å²) in [6, 6.07) is 7.11. The van der Waals surface area contributed by atoms with Crippen LogP contribution in [-0.4, -0.2) is 37.2 Å². The van der Waals surface area contributed by atoms with Crippen molar-refractivity contribution in [2.24, 2.45) is 5.92 Å². The summed E-state index contributed by atoms with van der Waals surface area (Å²) >= 11 is 6.04. The highest BCUT2D eigenvalue weighted by molar-refractivity contribution is 7.91. The second kappa shape index (κ2) is 5.87. The monoisotopic (exact) mass is 325 g/mol. The second-order valence-corrected chi connectivity index (χ2v) is 7.61. The van der Waals surface area contributed by atoms with Gasteiger partial charge in [-0.15, -0.1) is 0 Å². The highest BCUT2D eigenvalue weighted by atomic mass is 35.5. The molecule has 0 spiro atoms. The fourth-order valence-electron chi connectivity index (χ4n) is 2.62. The van der Waals surface area contributed by atoms with Gasteiger partial charge < -0.3 is 5.32 Å². The molecule has 21 heavy (non-hydrogen) atoms. The minimum atomic E-state index is -3.53. The summed E-state index contributed by atoms with van der Waals surface area (Å²) in [5, 5.41) is 3.07. The molecule has 1 aliphatic rings. The third-order valence-electron chi connectivity index (χ3n) is 3.65. The summed E-state index contributed by atoms with van der Waals surface area (Å²) in [7, 11) is -3.53. The van der Waals surface area contributed by atoms with Crippen LogP contribution in [0.25, 0.3) is 11.0 Å². The van der Waals surface area contributed by atoms with Crippen LogP contribution in [-0.2, 0) is 9.84 Å². The van der Waals surface area contributed by atoms with Gasteiger partial charge in [-0.3, -0.25) is 0 Å². The minimum Gasteiger partial charge on any atom is -0.316 e. The van der Waals surface area contributed by atoms with Crippen molar-refractivity contribution in [2.75, 3.05) is 18.8 Å². The predicted octanol–water partition coefficient (Wildman–Crippen LogP) is 2.06. The standard InChI is InChI=1S/C14H16ClN3O2S/c15-13-14(18-12-6-2-1-5-11(12)17-13)21(19,20)9-10-4-3-7-16-8-10/h1-2,5-6,10,16H,3-4,7-9H2. The van der Waals surface area contributed by atoms with Crippen molar-refractivity contribution in [2.45, 2.75) is 17.9 Å². The van der Waals surface area contributed by atoms with Gasteiger partial charge in [-0.1, -0.05) is 23.7 Å². The summed E-state index contributed by atoms with van der Waals surface area (Å²) in [5.41, 5.74) is 1.14. The third kappa shape index (κ3) is 3.17. The lowest BCUT2D eigenvalue weighted by Crippen LogP contribution is -2.34. The number of rotatable bonds is 3. The fourth-order valence-corrected chi connectivity index (χ4v) is 4.70. The molecule has 2 aromatic rings. The van der Waals surface area contributed by atoms with Crippen LogP contribution in [0.2, 0.25) is 5.15 Å². The molecule has 112 valence electrons. The van der Waals surface area contributed by atoms with Gasteiger partial charge in [0.05, 0.1) is 16.8 Å². The number of aromatic nitrogens is 2. The van der Waals surface area contributed by atoms with Crippen LogP contribution in [0.3, 0.4) is 0 Å². The van der Waals surface area contributed by atoms with Crippen molar-refractivity contribution < 1.29 is 8.42 Å². The number of nitrogens with one attached hydrogen (secondary N) is 1. The number of piperidine rings is 1. The molecule has 0 aliphatic carbocycles. The van der Waals surface area contributed by atoms with E-state index in [0.29, 0.717) is 11.0 Å². The van der Waals surface area contributed by atoms with E-state index in [-0.39, 0.29) is 21.8 Å². The lowest BCUT2D eigenvalue weighted by Gasteiger charge is -2.22. The summed E-state index contributed by atoms with van der Waals surface area (Å²) in [6.45, 7) is 1.67. The van der Waals surface area contributed by atoms with Crippen molar-refractivity contribution in [1.29, 1.82) is 0 Å². The van der Waals surface area contributed by atoms with E-state index in [9.17, 15) is 8.42 Å². The molecule has 5 nitrogen and oxygen atoms in total. The molecule has 1 N–H and O–H groups in total. The highest BCUT2D eigenvalue weighted by Gasteiger charge is 2.27. The van der Waals surface area contributed by atoms with Crippen molar-refractivity contribution in [3.63, 3.8) is 0 Å². The van der Waals surface area contributed by atoms with Crippen LogP contribution in [0.5, 0.6) is 0 Å². The molecular weight excluding hydrogens is 310 g/mol. The molecule has 2 heterocycles. The van der Waals surface area contributed by atoms with E-state index in [4.69, 9.17) is 11.6 Å². The molecule has 1 atom stereocenters. The number of sulfone groups is 1. The molecule has 1 aliphatic heterocycles. The van der Waals surface area contributed by atoms with Crippen molar-refractivity contribution in [1.82, 2.24) is 15.3 Å². The Balaban J connectivity index is 1.95. The number of fused-ring (bicyclic) bond motifs is 1. The first-order valence-corrected chi connectivity index (χ1v) is 8.95. The van der Waals surface area contributed by atoms with E-state index in [2.05, 4.69) is 15.3 Å². The molecule has 1 saturated heterocycles. The fraction of sp³-hybridized carbons (Fsp3) is 0.429. The van der Waals surface area contributed by atoms with Crippen molar-refractivity contribution in [3.05, 3.63) is 29.4 Å². The lowest BCUT2D eigenvalue weighted by molar-refractivity contribution is 0.403. The molecular formula is C14H16ClN3O2S. The zero-order valence-electron chi connectivity index (χ0n) is 11.4. The maximum atomic E-state index is 12.6. The summed E-state index contributed by atoms with van der Waals surface area (Å²) < 4.78 is 25.1. The number of para-hydroxylation sites is 2. The van der Waals surface area contributed by atoms with Crippen LogP contribution < -0.4 is 5.32 Å². The van der Waals surface area contributed by atoms with Gasteiger partial charge in [0.15, 0.2) is 20.0 Å². The summed E-state index contributed by atoms with van der Waals surface area (Å²) in [4.78, 5) is 8.35. The summed E-state index contributed by atoms with van der Waals surface area (Å²) in [6.07, 6.45) is 1.90. The van der Waals surface area contributed by atoms with Gasteiger partial charge in [0, 0.05) is 0 Å². The van der Waals surface area contributed by atoms with Crippen LogP contribution >= 0.6 is 11.6 Å². The zero-order chi connectivity index (χ0) is 14.9. The van der Waals surface area contributed by atoms with Crippen molar-refractivity contribution >= 4 is 32.5 Å². The number of halogens is 1. The first-order valence-electron chi connectivity index (χ1n) is 6.92. The first-order chi connectivity index (χ1) is 10.1.